The van der Waals surface area contributed by atoms with Gasteiger partial charge in [0.1, 0.15) is 11.6 Å². The predicted octanol–water partition coefficient (Wildman–Crippen LogP) is 4.68. The number of nitrogens with zero attached hydrogens (tertiary/aromatic N) is 1. The molecule has 0 radical (unpaired) electrons. The number of fused-ring (bicyclic) bond motifs is 2. The number of carboxylic acids is 1. The molecule has 1 atom stereocenters. The van der Waals surface area contributed by atoms with Gasteiger partial charge in [-0.3, -0.25) is 4.79 Å². The Hall–Kier alpha value is -4.53. The van der Waals surface area contributed by atoms with Gasteiger partial charge in [0.25, 0.3) is 5.91 Å². The van der Waals surface area contributed by atoms with Crippen LogP contribution in [0.25, 0.3) is 33.5 Å². The van der Waals surface area contributed by atoms with E-state index in [1.807, 2.05) is 12.1 Å². The van der Waals surface area contributed by atoms with Crippen LogP contribution >= 0.6 is 0 Å². The number of H-pyrrole nitrogens is 1. The summed E-state index contributed by atoms with van der Waals surface area (Å²) in [5, 5.41) is 12.5. The molecule has 0 fully saturated rings. The first kappa shape index (κ1) is 21.3. The summed E-state index contributed by atoms with van der Waals surface area (Å²) >= 11 is 0. The first-order valence-corrected chi connectivity index (χ1v) is 10.3. The van der Waals surface area contributed by atoms with Crippen LogP contribution in [-0.2, 0) is 11.2 Å². The molecule has 1 amide bonds. The van der Waals surface area contributed by atoms with Gasteiger partial charge >= 0.3 is 5.97 Å². The zero-order chi connectivity index (χ0) is 23.8. The molecule has 0 saturated carbocycles. The number of benzene rings is 3. The highest BCUT2D eigenvalue weighted by Gasteiger charge is 2.23. The number of carbonyl (C=O) groups excluding carboxylic acids is 1. The number of aliphatic carboxylic acids is 1. The fraction of sp³-hybridized carbons (Fsp3) is 0.0800. The van der Waals surface area contributed by atoms with E-state index in [-0.39, 0.29) is 17.5 Å². The summed E-state index contributed by atoms with van der Waals surface area (Å²) in [6.45, 7) is 0. The van der Waals surface area contributed by atoms with E-state index < -0.39 is 29.6 Å². The Labute approximate surface area is 191 Å². The molecule has 2 aromatic heterocycles. The fourth-order valence-corrected chi connectivity index (χ4v) is 3.76. The van der Waals surface area contributed by atoms with Crippen LogP contribution in [0.15, 0.2) is 71.1 Å². The van der Waals surface area contributed by atoms with Gasteiger partial charge in [-0.25, -0.2) is 18.6 Å². The third-order valence-corrected chi connectivity index (χ3v) is 5.44. The lowest BCUT2D eigenvalue weighted by Crippen LogP contribution is -2.42. The first-order chi connectivity index (χ1) is 16.4. The van der Waals surface area contributed by atoms with Crippen LogP contribution in [0.2, 0.25) is 0 Å². The molecule has 0 aliphatic rings. The average Bonchev–Trinajstić information content (AvgIpc) is 3.45. The van der Waals surface area contributed by atoms with Crippen LogP contribution in [-0.4, -0.2) is 33.0 Å². The maximum absolute atomic E-state index is 14.0. The zero-order valence-electron chi connectivity index (χ0n) is 17.5. The maximum atomic E-state index is 14.0. The van der Waals surface area contributed by atoms with Crippen LogP contribution in [0.1, 0.15) is 16.1 Å². The summed E-state index contributed by atoms with van der Waals surface area (Å²) in [5.41, 5.74) is 2.34. The number of oxazole rings is 1. The van der Waals surface area contributed by atoms with Crippen molar-refractivity contribution in [2.75, 3.05) is 0 Å². The van der Waals surface area contributed by atoms with Crippen molar-refractivity contribution in [1.82, 2.24) is 15.3 Å². The van der Waals surface area contributed by atoms with Crippen LogP contribution in [0, 0.1) is 11.6 Å². The molecule has 170 valence electrons. The van der Waals surface area contributed by atoms with E-state index in [0.29, 0.717) is 33.6 Å². The van der Waals surface area contributed by atoms with Crippen LogP contribution < -0.4 is 5.32 Å². The van der Waals surface area contributed by atoms with Gasteiger partial charge in [0, 0.05) is 28.6 Å². The molecular weight excluding hydrogens is 444 g/mol. The first-order valence-electron chi connectivity index (χ1n) is 10.3. The second-order valence-electron chi connectivity index (χ2n) is 7.76. The third kappa shape index (κ3) is 3.99. The number of aromatic nitrogens is 2. The predicted molar refractivity (Wildman–Crippen MR) is 120 cm³/mol. The maximum Gasteiger partial charge on any atom is 0.326 e. The third-order valence-electron chi connectivity index (χ3n) is 5.44. The van der Waals surface area contributed by atoms with Crippen molar-refractivity contribution in [3.05, 3.63) is 89.6 Å². The number of halogens is 2. The van der Waals surface area contributed by atoms with Gasteiger partial charge in [0.15, 0.2) is 17.2 Å². The van der Waals surface area contributed by atoms with Gasteiger partial charge in [-0.15, -0.1) is 0 Å². The van der Waals surface area contributed by atoms with Crippen LogP contribution in [0.5, 0.6) is 0 Å². The minimum atomic E-state index is -1.30. The summed E-state index contributed by atoms with van der Waals surface area (Å²) < 4.78 is 33.2. The highest BCUT2D eigenvalue weighted by molar-refractivity contribution is 5.97. The van der Waals surface area contributed by atoms with E-state index in [4.69, 9.17) is 4.42 Å². The zero-order valence-corrected chi connectivity index (χ0v) is 17.5. The smallest absolute Gasteiger partial charge is 0.326 e. The van der Waals surface area contributed by atoms with E-state index in [2.05, 4.69) is 15.3 Å². The molecule has 2 heterocycles. The monoisotopic (exact) mass is 461 g/mol. The van der Waals surface area contributed by atoms with Crippen molar-refractivity contribution in [2.24, 2.45) is 0 Å². The second-order valence-corrected chi connectivity index (χ2v) is 7.76. The molecule has 7 nitrogen and oxygen atoms in total. The molecule has 0 bridgehead atoms. The van der Waals surface area contributed by atoms with Crippen LogP contribution in [0.4, 0.5) is 8.78 Å². The van der Waals surface area contributed by atoms with Crippen molar-refractivity contribution in [2.45, 2.75) is 12.5 Å². The number of rotatable bonds is 6. The molecule has 3 aromatic carbocycles. The second kappa shape index (κ2) is 8.43. The van der Waals surface area contributed by atoms with Crippen molar-refractivity contribution in [1.29, 1.82) is 0 Å². The fourth-order valence-electron chi connectivity index (χ4n) is 3.76. The summed E-state index contributed by atoms with van der Waals surface area (Å²) in [6.07, 6.45) is -0.151. The molecule has 0 aliphatic heterocycles. The standard InChI is InChI=1S/C25H17F2N3O4/c26-17-9-8-13-11-16(28-22(13)21(17)27)12-19(25(32)33)29-23(31)14-4-3-5-15(10-14)24-30-18-6-1-2-7-20(18)34-24/h1-11,19,28H,12H2,(H,29,31)(H,32,33). The highest BCUT2D eigenvalue weighted by atomic mass is 19.2. The molecule has 34 heavy (non-hydrogen) atoms. The molecular formula is C25H17F2N3O4. The highest BCUT2D eigenvalue weighted by Crippen LogP contribution is 2.25. The Balaban J connectivity index is 1.37. The number of nitrogens with one attached hydrogen (secondary N) is 2. The van der Waals surface area contributed by atoms with E-state index in [0.717, 1.165) is 6.07 Å². The van der Waals surface area contributed by atoms with Crippen molar-refractivity contribution >= 4 is 33.9 Å². The van der Waals surface area contributed by atoms with Gasteiger partial charge in [0.2, 0.25) is 5.89 Å². The van der Waals surface area contributed by atoms with E-state index >= 15 is 0 Å². The Morgan fingerprint density at radius 2 is 1.88 bits per heavy atom. The number of carbonyl (C=O) groups is 2. The van der Waals surface area contributed by atoms with Crippen molar-refractivity contribution < 1.29 is 27.9 Å². The minimum absolute atomic E-state index is 0.0588. The molecule has 9 heteroatoms. The number of para-hydroxylation sites is 2. The largest absolute Gasteiger partial charge is 0.480 e. The Morgan fingerprint density at radius 3 is 2.68 bits per heavy atom. The van der Waals surface area contributed by atoms with E-state index in [1.165, 1.54) is 12.1 Å². The van der Waals surface area contributed by atoms with Gasteiger partial charge in [-0.1, -0.05) is 18.2 Å². The lowest BCUT2D eigenvalue weighted by molar-refractivity contribution is -0.139. The number of amides is 1. The summed E-state index contributed by atoms with van der Waals surface area (Å²) in [7, 11) is 0. The lowest BCUT2D eigenvalue weighted by Gasteiger charge is -2.14. The van der Waals surface area contributed by atoms with Gasteiger partial charge in [0.05, 0.1) is 5.52 Å². The minimum Gasteiger partial charge on any atom is -0.480 e. The number of hydrogen-bond donors (Lipinski definition) is 3. The number of carboxylic acid groups (broad SMARTS) is 1. The molecule has 0 spiro atoms. The number of aromatic amines is 1. The molecule has 1 unspecified atom stereocenters. The van der Waals surface area contributed by atoms with Gasteiger partial charge in [-0.05, 0) is 48.5 Å². The quantitative estimate of drug-likeness (QED) is 0.340. The Kier molecular flexibility index (Phi) is 5.29. The Bertz CT molecular complexity index is 1520. The molecule has 3 N–H and O–H groups in total. The van der Waals surface area contributed by atoms with Crippen molar-refractivity contribution in [3.8, 4) is 11.5 Å². The topological polar surface area (TPSA) is 108 Å². The number of hydrogen-bond acceptors (Lipinski definition) is 4. The summed E-state index contributed by atoms with van der Waals surface area (Å²) in [6, 6.07) is 16.3. The summed E-state index contributed by atoms with van der Waals surface area (Å²) in [5.74, 6) is -3.61. The molecule has 0 aliphatic carbocycles. The average molecular weight is 461 g/mol. The lowest BCUT2D eigenvalue weighted by atomic mass is 10.1. The van der Waals surface area contributed by atoms with Crippen LogP contribution in [0.3, 0.4) is 0 Å². The molecule has 0 saturated heterocycles. The van der Waals surface area contributed by atoms with Gasteiger partial charge < -0.3 is 19.8 Å². The molecule has 5 aromatic rings. The van der Waals surface area contributed by atoms with E-state index in [9.17, 15) is 23.5 Å². The SMILES string of the molecule is O=C(NC(Cc1cc2ccc(F)c(F)c2[nH]1)C(=O)O)c1cccc(-c2nc3ccccc3o2)c1. The summed E-state index contributed by atoms with van der Waals surface area (Å²) in [4.78, 5) is 31.7. The van der Waals surface area contributed by atoms with E-state index in [1.54, 1.807) is 36.4 Å². The normalized spacial score (nSPS) is 12.2. The van der Waals surface area contributed by atoms with Crippen molar-refractivity contribution in [3.63, 3.8) is 0 Å². The Morgan fingerprint density at radius 1 is 1.06 bits per heavy atom. The molecule has 5 rings (SSSR count). The van der Waals surface area contributed by atoms with Gasteiger partial charge in [-0.2, -0.15) is 0 Å².